The highest BCUT2D eigenvalue weighted by atomic mass is 35.5. The Hall–Kier alpha value is -1.65. The first-order valence-electron chi connectivity index (χ1n) is 7.74. The second-order valence-corrected chi connectivity index (χ2v) is 7.18. The molecule has 0 aromatic heterocycles. The highest BCUT2D eigenvalue weighted by Gasteiger charge is 2.29. The maximum absolute atomic E-state index is 11.6. The Balaban J connectivity index is 2.13. The van der Waals surface area contributed by atoms with Crippen molar-refractivity contribution in [3.63, 3.8) is 0 Å². The van der Waals surface area contributed by atoms with Crippen LogP contribution >= 0.6 is 23.4 Å². The Morgan fingerprint density at radius 2 is 1.96 bits per heavy atom. The van der Waals surface area contributed by atoms with Gasteiger partial charge in [0.2, 0.25) is 5.91 Å². The summed E-state index contributed by atoms with van der Waals surface area (Å²) in [6.45, 7) is 2.12. The third-order valence-electron chi connectivity index (χ3n) is 3.95. The molecule has 1 aliphatic heterocycles. The molecule has 1 heterocycles. The standard InChI is InChI=1S/C18H19ClN2OS/c1-2-5-13(11-18(20)22)21-14-6-3-4-7-16(14)23-17-9-8-12(19)10-15(17)21/h3-4,6-10,13H,2,5,11H2,1H3,(H2,20,22). The molecule has 0 saturated heterocycles. The van der Waals surface area contributed by atoms with E-state index in [1.807, 2.05) is 30.3 Å². The van der Waals surface area contributed by atoms with Gasteiger partial charge in [-0.05, 0) is 36.8 Å². The van der Waals surface area contributed by atoms with Crippen LogP contribution < -0.4 is 10.6 Å². The molecule has 1 amide bonds. The summed E-state index contributed by atoms with van der Waals surface area (Å²) in [5.41, 5.74) is 7.68. The number of hydrogen-bond donors (Lipinski definition) is 1. The lowest BCUT2D eigenvalue weighted by Gasteiger charge is -2.38. The molecule has 0 spiro atoms. The Kier molecular flexibility index (Phi) is 4.83. The van der Waals surface area contributed by atoms with Crippen molar-refractivity contribution in [2.45, 2.75) is 42.0 Å². The zero-order chi connectivity index (χ0) is 16.4. The molecule has 0 bridgehead atoms. The van der Waals surface area contributed by atoms with Crippen LogP contribution in [0.3, 0.4) is 0 Å². The lowest BCUT2D eigenvalue weighted by atomic mass is 10.0. The molecule has 2 aromatic rings. The van der Waals surface area contributed by atoms with Crippen molar-refractivity contribution in [1.29, 1.82) is 0 Å². The minimum Gasteiger partial charge on any atom is -0.370 e. The molecule has 5 heteroatoms. The summed E-state index contributed by atoms with van der Waals surface area (Å²) in [5, 5.41) is 0.697. The fraction of sp³-hybridized carbons (Fsp3) is 0.278. The van der Waals surface area contributed by atoms with Gasteiger partial charge in [-0.2, -0.15) is 0 Å². The number of hydrogen-bond acceptors (Lipinski definition) is 3. The molecule has 1 unspecified atom stereocenters. The molecule has 1 atom stereocenters. The summed E-state index contributed by atoms with van der Waals surface area (Å²) in [5.74, 6) is -0.275. The number of fused-ring (bicyclic) bond motifs is 2. The summed E-state index contributed by atoms with van der Waals surface area (Å²) in [7, 11) is 0. The number of nitrogens with two attached hydrogens (primary N) is 1. The van der Waals surface area contributed by atoms with Gasteiger partial charge in [0.05, 0.1) is 11.4 Å². The van der Waals surface area contributed by atoms with Gasteiger partial charge >= 0.3 is 0 Å². The average molecular weight is 347 g/mol. The molecule has 0 aliphatic carbocycles. The number of carbonyl (C=O) groups excluding carboxylic acids is 1. The number of halogens is 1. The highest BCUT2D eigenvalue weighted by Crippen LogP contribution is 2.50. The fourth-order valence-electron chi connectivity index (χ4n) is 3.04. The Labute approximate surface area is 145 Å². The summed E-state index contributed by atoms with van der Waals surface area (Å²) in [6.07, 6.45) is 2.21. The number of para-hydroxylation sites is 1. The number of anilines is 2. The van der Waals surface area contributed by atoms with Crippen LogP contribution in [0.15, 0.2) is 52.3 Å². The predicted octanol–water partition coefficient (Wildman–Crippen LogP) is 4.99. The van der Waals surface area contributed by atoms with Gasteiger partial charge in [-0.3, -0.25) is 4.79 Å². The van der Waals surface area contributed by atoms with Crippen molar-refractivity contribution < 1.29 is 4.79 Å². The summed E-state index contributed by atoms with van der Waals surface area (Å²) >= 11 is 7.96. The van der Waals surface area contributed by atoms with Crippen molar-refractivity contribution >= 4 is 40.6 Å². The van der Waals surface area contributed by atoms with Crippen molar-refractivity contribution in [3.8, 4) is 0 Å². The Bertz CT molecular complexity index is 735. The van der Waals surface area contributed by atoms with Crippen LogP contribution in [0.2, 0.25) is 5.02 Å². The van der Waals surface area contributed by atoms with Crippen molar-refractivity contribution in [2.75, 3.05) is 4.90 Å². The van der Waals surface area contributed by atoms with Gasteiger partial charge in [-0.15, -0.1) is 0 Å². The topological polar surface area (TPSA) is 46.3 Å². The van der Waals surface area contributed by atoms with E-state index >= 15 is 0 Å². The van der Waals surface area contributed by atoms with Gasteiger partial charge < -0.3 is 10.6 Å². The first-order valence-corrected chi connectivity index (χ1v) is 8.93. The average Bonchev–Trinajstić information content (AvgIpc) is 2.52. The van der Waals surface area contributed by atoms with Crippen LogP contribution in [0, 0.1) is 0 Å². The molecule has 2 aromatic carbocycles. The normalized spacial score (nSPS) is 14.1. The largest absolute Gasteiger partial charge is 0.370 e. The third kappa shape index (κ3) is 3.33. The van der Waals surface area contributed by atoms with Crippen molar-refractivity contribution in [3.05, 3.63) is 47.5 Å². The van der Waals surface area contributed by atoms with Gasteiger partial charge in [0, 0.05) is 27.3 Å². The van der Waals surface area contributed by atoms with Gasteiger partial charge in [0.1, 0.15) is 0 Å². The predicted molar refractivity (Wildman–Crippen MR) is 96.7 cm³/mol. The number of primary amides is 1. The van der Waals surface area contributed by atoms with E-state index in [9.17, 15) is 4.79 Å². The third-order valence-corrected chi connectivity index (χ3v) is 5.31. The van der Waals surface area contributed by atoms with E-state index < -0.39 is 0 Å². The van der Waals surface area contributed by atoms with E-state index in [-0.39, 0.29) is 11.9 Å². The Morgan fingerprint density at radius 3 is 2.70 bits per heavy atom. The molecule has 0 fully saturated rings. The smallest absolute Gasteiger partial charge is 0.219 e. The van der Waals surface area contributed by atoms with Crippen LogP contribution in [-0.4, -0.2) is 11.9 Å². The summed E-state index contributed by atoms with van der Waals surface area (Å²) in [6, 6.07) is 14.2. The van der Waals surface area contributed by atoms with Crippen molar-refractivity contribution in [2.24, 2.45) is 5.73 Å². The maximum atomic E-state index is 11.6. The molecule has 3 rings (SSSR count). The van der Waals surface area contributed by atoms with Crippen LogP contribution in [0.25, 0.3) is 0 Å². The van der Waals surface area contributed by atoms with E-state index in [1.165, 1.54) is 4.90 Å². The second-order valence-electron chi connectivity index (χ2n) is 5.66. The van der Waals surface area contributed by atoms with Crippen LogP contribution in [-0.2, 0) is 4.79 Å². The van der Waals surface area contributed by atoms with Crippen LogP contribution in [0.5, 0.6) is 0 Å². The maximum Gasteiger partial charge on any atom is 0.219 e. The number of benzene rings is 2. The van der Waals surface area contributed by atoms with Crippen LogP contribution in [0.4, 0.5) is 11.4 Å². The van der Waals surface area contributed by atoms with E-state index in [0.717, 1.165) is 29.1 Å². The van der Waals surface area contributed by atoms with Gasteiger partial charge in [-0.1, -0.05) is 48.8 Å². The molecule has 3 nitrogen and oxygen atoms in total. The van der Waals surface area contributed by atoms with E-state index in [1.54, 1.807) is 11.8 Å². The minimum absolute atomic E-state index is 0.0387. The van der Waals surface area contributed by atoms with Crippen LogP contribution in [0.1, 0.15) is 26.2 Å². The highest BCUT2D eigenvalue weighted by molar-refractivity contribution is 7.99. The number of carbonyl (C=O) groups is 1. The number of rotatable bonds is 5. The number of nitrogens with zero attached hydrogens (tertiary/aromatic N) is 1. The van der Waals surface area contributed by atoms with E-state index in [2.05, 4.69) is 24.0 Å². The molecule has 120 valence electrons. The zero-order valence-electron chi connectivity index (χ0n) is 13.0. The molecule has 2 N–H and O–H groups in total. The van der Waals surface area contributed by atoms with Gasteiger partial charge in [0.15, 0.2) is 0 Å². The summed E-state index contributed by atoms with van der Waals surface area (Å²) in [4.78, 5) is 16.2. The minimum atomic E-state index is -0.275. The molecule has 1 aliphatic rings. The summed E-state index contributed by atoms with van der Waals surface area (Å²) < 4.78 is 0. The second kappa shape index (κ2) is 6.85. The lowest BCUT2D eigenvalue weighted by molar-refractivity contribution is -0.118. The first-order chi connectivity index (χ1) is 11.1. The quantitative estimate of drug-likeness (QED) is 0.829. The molecular formula is C18H19ClN2OS. The zero-order valence-corrected chi connectivity index (χ0v) is 14.5. The molecule has 0 radical (unpaired) electrons. The monoisotopic (exact) mass is 346 g/mol. The molecule has 23 heavy (non-hydrogen) atoms. The molecule has 0 saturated carbocycles. The lowest BCUT2D eigenvalue weighted by Crippen LogP contribution is -2.36. The van der Waals surface area contributed by atoms with E-state index in [4.69, 9.17) is 17.3 Å². The van der Waals surface area contributed by atoms with Gasteiger partial charge in [-0.25, -0.2) is 0 Å². The SMILES string of the molecule is CCCC(CC(N)=O)N1c2ccccc2Sc2ccc(Cl)cc21. The number of amides is 1. The van der Waals surface area contributed by atoms with Crippen molar-refractivity contribution in [1.82, 2.24) is 0 Å². The Morgan fingerprint density at radius 1 is 1.22 bits per heavy atom. The van der Waals surface area contributed by atoms with E-state index in [0.29, 0.717) is 11.4 Å². The van der Waals surface area contributed by atoms with Gasteiger partial charge in [0.25, 0.3) is 0 Å². The molecular weight excluding hydrogens is 328 g/mol. The first kappa shape index (κ1) is 16.2. The fourth-order valence-corrected chi connectivity index (χ4v) is 4.26.